The van der Waals surface area contributed by atoms with Crippen LogP contribution >= 0.6 is 0 Å². The molecule has 1 unspecified atom stereocenters. The van der Waals surface area contributed by atoms with Crippen molar-refractivity contribution in [1.82, 2.24) is 0 Å². The van der Waals surface area contributed by atoms with Crippen molar-refractivity contribution in [2.24, 2.45) is 5.92 Å². The van der Waals surface area contributed by atoms with E-state index in [-0.39, 0.29) is 12.0 Å². The standard InChI is InChI=1S/C13H28O3Si/c1-3-15-13(16-4-2)17-10-12(14)11-8-6-5-7-9-11/h11-14H,3-10,17H2,1-2H3. The third-order valence-electron chi connectivity index (χ3n) is 3.60. The maximum Gasteiger partial charge on any atom is 0.134 e. The fourth-order valence-corrected chi connectivity index (χ4v) is 4.54. The van der Waals surface area contributed by atoms with Gasteiger partial charge >= 0.3 is 0 Å². The summed E-state index contributed by atoms with van der Waals surface area (Å²) in [7, 11) is -0.484. The Balaban J connectivity index is 2.21. The van der Waals surface area contributed by atoms with Gasteiger partial charge in [-0.1, -0.05) is 19.3 Å². The van der Waals surface area contributed by atoms with Gasteiger partial charge in [-0.3, -0.25) is 0 Å². The van der Waals surface area contributed by atoms with E-state index in [4.69, 9.17) is 9.47 Å². The van der Waals surface area contributed by atoms with Gasteiger partial charge in [0.1, 0.15) is 5.91 Å². The molecule has 0 amide bonds. The molecule has 3 nitrogen and oxygen atoms in total. The molecule has 1 aliphatic carbocycles. The van der Waals surface area contributed by atoms with E-state index < -0.39 is 9.52 Å². The Morgan fingerprint density at radius 1 is 1.12 bits per heavy atom. The van der Waals surface area contributed by atoms with Gasteiger partial charge in [0.15, 0.2) is 0 Å². The molecule has 1 aliphatic rings. The summed E-state index contributed by atoms with van der Waals surface area (Å²) in [5.41, 5.74) is 0. The van der Waals surface area contributed by atoms with Gasteiger partial charge in [-0.2, -0.15) is 0 Å². The number of aliphatic hydroxyl groups excluding tert-OH is 1. The van der Waals surface area contributed by atoms with Gasteiger partial charge in [0.2, 0.25) is 0 Å². The van der Waals surface area contributed by atoms with E-state index in [2.05, 4.69) is 0 Å². The summed E-state index contributed by atoms with van der Waals surface area (Å²) in [6.07, 6.45) is 6.26. The lowest BCUT2D eigenvalue weighted by Gasteiger charge is -2.27. The van der Waals surface area contributed by atoms with Crippen LogP contribution in [0.2, 0.25) is 6.04 Å². The van der Waals surface area contributed by atoms with E-state index in [9.17, 15) is 5.11 Å². The number of ether oxygens (including phenoxy) is 2. The SMILES string of the molecule is CCOC(OCC)[SiH2]CC(O)C1CCCCC1. The third-order valence-corrected chi connectivity index (χ3v) is 5.46. The highest BCUT2D eigenvalue weighted by atomic mass is 28.2. The fraction of sp³-hybridized carbons (Fsp3) is 1.00. The molecule has 0 aromatic rings. The van der Waals surface area contributed by atoms with Crippen molar-refractivity contribution in [2.75, 3.05) is 13.2 Å². The summed E-state index contributed by atoms with van der Waals surface area (Å²) in [6, 6.07) is 0.940. The van der Waals surface area contributed by atoms with E-state index in [0.29, 0.717) is 19.1 Å². The molecule has 17 heavy (non-hydrogen) atoms. The predicted molar refractivity (Wildman–Crippen MR) is 73.0 cm³/mol. The molecule has 1 N–H and O–H groups in total. The first-order valence-electron chi connectivity index (χ1n) is 7.19. The van der Waals surface area contributed by atoms with Gasteiger partial charge in [-0.15, -0.1) is 0 Å². The molecular weight excluding hydrogens is 232 g/mol. The van der Waals surface area contributed by atoms with Crippen molar-refractivity contribution < 1.29 is 14.6 Å². The minimum Gasteiger partial charge on any atom is -0.393 e. The van der Waals surface area contributed by atoms with Crippen molar-refractivity contribution >= 4 is 9.52 Å². The van der Waals surface area contributed by atoms with Crippen molar-refractivity contribution in [3.63, 3.8) is 0 Å². The van der Waals surface area contributed by atoms with Gasteiger partial charge in [-0.25, -0.2) is 0 Å². The summed E-state index contributed by atoms with van der Waals surface area (Å²) < 4.78 is 11.1. The van der Waals surface area contributed by atoms with Gasteiger partial charge in [0.25, 0.3) is 0 Å². The minimum absolute atomic E-state index is 0.00300. The lowest BCUT2D eigenvalue weighted by molar-refractivity contribution is -0.0835. The Labute approximate surface area is 108 Å². The van der Waals surface area contributed by atoms with Crippen molar-refractivity contribution in [2.45, 2.75) is 64.0 Å². The zero-order valence-electron chi connectivity index (χ0n) is 11.4. The summed E-state index contributed by atoms with van der Waals surface area (Å²) in [4.78, 5) is 0. The first-order valence-corrected chi connectivity index (χ1v) is 9.00. The lowest BCUT2D eigenvalue weighted by atomic mass is 9.86. The largest absolute Gasteiger partial charge is 0.393 e. The highest BCUT2D eigenvalue weighted by Gasteiger charge is 2.23. The van der Waals surface area contributed by atoms with Crippen molar-refractivity contribution in [1.29, 1.82) is 0 Å². The van der Waals surface area contributed by atoms with Crippen molar-refractivity contribution in [3.05, 3.63) is 0 Å². The second-order valence-electron chi connectivity index (χ2n) is 4.88. The molecule has 102 valence electrons. The molecule has 1 rings (SSSR count). The Bertz CT molecular complexity index is 178. The van der Waals surface area contributed by atoms with E-state index in [1.807, 2.05) is 13.8 Å². The molecule has 0 aromatic heterocycles. The number of hydrogen-bond acceptors (Lipinski definition) is 3. The van der Waals surface area contributed by atoms with E-state index >= 15 is 0 Å². The quantitative estimate of drug-likeness (QED) is 0.535. The lowest BCUT2D eigenvalue weighted by Crippen LogP contribution is -2.31. The predicted octanol–water partition coefficient (Wildman–Crippen LogP) is 1.87. The topological polar surface area (TPSA) is 38.7 Å². The van der Waals surface area contributed by atoms with Crippen LogP contribution in [0.25, 0.3) is 0 Å². The number of hydrogen-bond donors (Lipinski definition) is 1. The second-order valence-corrected chi connectivity index (χ2v) is 6.70. The number of aliphatic hydroxyl groups is 1. The Hall–Kier alpha value is 0.0969. The van der Waals surface area contributed by atoms with Gasteiger partial charge in [0, 0.05) is 13.2 Å². The van der Waals surface area contributed by atoms with Crippen LogP contribution in [0.5, 0.6) is 0 Å². The van der Waals surface area contributed by atoms with E-state index in [0.717, 1.165) is 6.04 Å². The monoisotopic (exact) mass is 260 g/mol. The third kappa shape index (κ3) is 6.00. The zero-order chi connectivity index (χ0) is 12.5. The molecule has 0 radical (unpaired) electrons. The molecule has 4 heteroatoms. The van der Waals surface area contributed by atoms with E-state index in [1.54, 1.807) is 0 Å². The van der Waals surface area contributed by atoms with Crippen LogP contribution in [-0.4, -0.2) is 39.9 Å². The summed E-state index contributed by atoms with van der Waals surface area (Å²) in [5.74, 6) is 0.545. The number of rotatable bonds is 8. The van der Waals surface area contributed by atoms with Crippen LogP contribution in [0, 0.1) is 5.92 Å². The summed E-state index contributed by atoms with van der Waals surface area (Å²) >= 11 is 0. The molecule has 0 aliphatic heterocycles. The summed E-state index contributed by atoms with van der Waals surface area (Å²) in [5, 5.41) is 10.2. The molecule has 0 heterocycles. The van der Waals surface area contributed by atoms with Gasteiger partial charge < -0.3 is 14.6 Å². The smallest absolute Gasteiger partial charge is 0.134 e. The maximum atomic E-state index is 10.2. The van der Waals surface area contributed by atoms with Crippen LogP contribution in [0.3, 0.4) is 0 Å². The maximum absolute atomic E-state index is 10.2. The van der Waals surface area contributed by atoms with Gasteiger partial charge in [-0.05, 0) is 38.7 Å². The summed E-state index contributed by atoms with van der Waals surface area (Å²) in [6.45, 7) is 5.41. The van der Waals surface area contributed by atoms with Crippen LogP contribution < -0.4 is 0 Å². The highest BCUT2D eigenvalue weighted by molar-refractivity contribution is 6.36. The molecule has 1 saturated carbocycles. The van der Waals surface area contributed by atoms with Crippen molar-refractivity contribution in [3.8, 4) is 0 Å². The van der Waals surface area contributed by atoms with Crippen LogP contribution in [0.4, 0.5) is 0 Å². The molecule has 1 atom stereocenters. The first kappa shape index (κ1) is 15.2. The first-order chi connectivity index (χ1) is 8.27. The molecule has 0 aromatic carbocycles. The Kier molecular flexibility index (Phi) is 8.10. The highest BCUT2D eigenvalue weighted by Crippen LogP contribution is 2.27. The normalized spacial score (nSPS) is 20.5. The average Bonchev–Trinajstić information content (AvgIpc) is 2.37. The Morgan fingerprint density at radius 3 is 2.24 bits per heavy atom. The average molecular weight is 260 g/mol. The minimum atomic E-state index is -0.484. The molecule has 0 spiro atoms. The van der Waals surface area contributed by atoms with E-state index in [1.165, 1.54) is 32.1 Å². The van der Waals surface area contributed by atoms with Crippen LogP contribution in [-0.2, 0) is 9.47 Å². The molecular formula is C13H28O3Si. The molecule has 0 bridgehead atoms. The molecule has 0 saturated heterocycles. The zero-order valence-corrected chi connectivity index (χ0v) is 12.8. The van der Waals surface area contributed by atoms with Gasteiger partial charge in [0.05, 0.1) is 15.6 Å². The fourth-order valence-electron chi connectivity index (χ4n) is 2.65. The van der Waals surface area contributed by atoms with Crippen LogP contribution in [0.1, 0.15) is 46.0 Å². The van der Waals surface area contributed by atoms with Crippen LogP contribution in [0.15, 0.2) is 0 Å². The Morgan fingerprint density at radius 2 is 1.71 bits per heavy atom. The molecule has 1 fully saturated rings. The second kappa shape index (κ2) is 9.08.